The second kappa shape index (κ2) is 8.88. The molecule has 0 aliphatic heterocycles. The van der Waals surface area contributed by atoms with E-state index in [1.807, 2.05) is 0 Å². The maximum atomic E-state index is 12.8. The third kappa shape index (κ3) is 7.67. The molecule has 0 spiro atoms. The van der Waals surface area contributed by atoms with Gasteiger partial charge in [-0.25, -0.2) is 4.79 Å². The summed E-state index contributed by atoms with van der Waals surface area (Å²) in [5.74, 6) is -2.29. The molecule has 0 aliphatic rings. The number of hydrogen-bond acceptors (Lipinski definition) is 5. The summed E-state index contributed by atoms with van der Waals surface area (Å²) >= 11 is 0. The summed E-state index contributed by atoms with van der Waals surface area (Å²) in [6.07, 6.45) is -4.90. The Morgan fingerprint density at radius 1 is 1.15 bits per heavy atom. The predicted octanol–water partition coefficient (Wildman–Crippen LogP) is 3.10. The maximum absolute atomic E-state index is 12.8. The van der Waals surface area contributed by atoms with Gasteiger partial charge in [-0.3, -0.25) is 9.59 Å². The van der Waals surface area contributed by atoms with Crippen molar-refractivity contribution < 1.29 is 37.0 Å². The summed E-state index contributed by atoms with van der Waals surface area (Å²) in [5.41, 5.74) is -1.96. The summed E-state index contributed by atoms with van der Waals surface area (Å²) in [5, 5.41) is 2.29. The van der Waals surface area contributed by atoms with Gasteiger partial charge >= 0.3 is 18.1 Å². The van der Waals surface area contributed by atoms with Crippen molar-refractivity contribution in [2.75, 3.05) is 7.11 Å². The normalized spacial score (nSPS) is 12.9. The van der Waals surface area contributed by atoms with E-state index in [0.29, 0.717) is 6.07 Å². The van der Waals surface area contributed by atoms with Gasteiger partial charge in [0.15, 0.2) is 0 Å². The zero-order valence-corrected chi connectivity index (χ0v) is 15.5. The van der Waals surface area contributed by atoms with Crippen LogP contribution in [0.25, 0.3) is 0 Å². The predicted molar refractivity (Wildman–Crippen MR) is 89.8 cm³/mol. The molecule has 9 heteroatoms. The fraction of sp³-hybridized carbons (Fsp3) is 0.500. The van der Waals surface area contributed by atoms with E-state index >= 15 is 0 Å². The molecule has 150 valence electrons. The summed E-state index contributed by atoms with van der Waals surface area (Å²) in [6.45, 7) is 5.04. The fourth-order valence-electron chi connectivity index (χ4n) is 2.12. The standard InChI is InChI=1S/C18H22F3NO5/c1-17(2,3)27-14(23)9-8-13(16(25)26-4)22-15(24)11-6-5-7-12(10-11)18(19,20)21/h5-7,10,13H,8-9H2,1-4H3,(H,22,24)/t13-/m0/s1. The van der Waals surface area contributed by atoms with Crippen molar-refractivity contribution in [3.05, 3.63) is 35.4 Å². The monoisotopic (exact) mass is 389 g/mol. The first-order valence-corrected chi connectivity index (χ1v) is 8.11. The van der Waals surface area contributed by atoms with Crippen molar-refractivity contribution in [2.45, 2.75) is 51.4 Å². The van der Waals surface area contributed by atoms with Crippen molar-refractivity contribution in [2.24, 2.45) is 0 Å². The number of carbonyl (C=O) groups excluding carboxylic acids is 3. The van der Waals surface area contributed by atoms with Crippen LogP contribution in [0.4, 0.5) is 13.2 Å². The molecule has 0 aliphatic carbocycles. The van der Waals surface area contributed by atoms with Crippen LogP contribution in [0.15, 0.2) is 24.3 Å². The molecule has 1 aromatic rings. The molecule has 27 heavy (non-hydrogen) atoms. The molecular formula is C18H22F3NO5. The summed E-state index contributed by atoms with van der Waals surface area (Å²) in [7, 11) is 1.10. The van der Waals surface area contributed by atoms with Crippen LogP contribution in [-0.2, 0) is 25.2 Å². The Morgan fingerprint density at radius 2 is 1.78 bits per heavy atom. The molecule has 1 rings (SSSR count). The van der Waals surface area contributed by atoms with Crippen LogP contribution < -0.4 is 5.32 Å². The third-order valence-electron chi connectivity index (χ3n) is 3.30. The molecule has 6 nitrogen and oxygen atoms in total. The zero-order chi connectivity index (χ0) is 20.8. The maximum Gasteiger partial charge on any atom is 0.416 e. The quantitative estimate of drug-likeness (QED) is 0.756. The number of carbonyl (C=O) groups is 3. The van der Waals surface area contributed by atoms with E-state index in [2.05, 4.69) is 10.1 Å². The number of amides is 1. The van der Waals surface area contributed by atoms with Crippen molar-refractivity contribution in [1.82, 2.24) is 5.32 Å². The smallest absolute Gasteiger partial charge is 0.416 e. The lowest BCUT2D eigenvalue weighted by Gasteiger charge is -2.21. The number of esters is 2. The molecule has 1 N–H and O–H groups in total. The van der Waals surface area contributed by atoms with Crippen LogP contribution in [0.1, 0.15) is 49.5 Å². The number of alkyl halides is 3. The summed E-state index contributed by atoms with van der Waals surface area (Å²) in [4.78, 5) is 35.8. The van der Waals surface area contributed by atoms with Crippen LogP contribution in [0.5, 0.6) is 0 Å². The van der Waals surface area contributed by atoms with Gasteiger partial charge in [0.2, 0.25) is 0 Å². The van der Waals surface area contributed by atoms with E-state index < -0.39 is 41.2 Å². The second-order valence-electron chi connectivity index (χ2n) is 6.75. The Labute approximate surface area is 155 Å². The van der Waals surface area contributed by atoms with Crippen LogP contribution in [0, 0.1) is 0 Å². The number of halogens is 3. The number of nitrogens with one attached hydrogen (secondary N) is 1. The SMILES string of the molecule is COC(=O)[C@H](CCC(=O)OC(C)(C)C)NC(=O)c1cccc(C(F)(F)F)c1. The number of rotatable bonds is 6. The van der Waals surface area contributed by atoms with E-state index in [4.69, 9.17) is 4.74 Å². The minimum Gasteiger partial charge on any atom is -0.467 e. The van der Waals surface area contributed by atoms with E-state index in [1.54, 1.807) is 20.8 Å². The molecule has 0 unspecified atom stereocenters. The highest BCUT2D eigenvalue weighted by Gasteiger charge is 2.31. The first-order chi connectivity index (χ1) is 12.3. The molecule has 0 heterocycles. The highest BCUT2D eigenvalue weighted by atomic mass is 19.4. The average Bonchev–Trinajstić information content (AvgIpc) is 2.55. The van der Waals surface area contributed by atoms with Gasteiger partial charge in [0.1, 0.15) is 11.6 Å². The Bertz CT molecular complexity index is 695. The lowest BCUT2D eigenvalue weighted by atomic mass is 10.1. The Hall–Kier alpha value is -2.58. The molecule has 0 saturated carbocycles. The van der Waals surface area contributed by atoms with Crippen molar-refractivity contribution >= 4 is 17.8 Å². The van der Waals surface area contributed by atoms with Crippen LogP contribution in [-0.4, -0.2) is 36.6 Å². The highest BCUT2D eigenvalue weighted by molar-refractivity contribution is 5.97. The minimum atomic E-state index is -4.60. The van der Waals surface area contributed by atoms with Gasteiger partial charge < -0.3 is 14.8 Å². The first-order valence-electron chi connectivity index (χ1n) is 8.11. The molecule has 1 atom stereocenters. The van der Waals surface area contributed by atoms with Crippen LogP contribution in [0.3, 0.4) is 0 Å². The first kappa shape index (κ1) is 22.5. The Balaban J connectivity index is 2.84. The van der Waals surface area contributed by atoms with Crippen molar-refractivity contribution in [3.63, 3.8) is 0 Å². The fourth-order valence-corrected chi connectivity index (χ4v) is 2.12. The third-order valence-corrected chi connectivity index (χ3v) is 3.30. The van der Waals surface area contributed by atoms with Gasteiger partial charge in [0.25, 0.3) is 5.91 Å². The molecule has 0 bridgehead atoms. The molecule has 1 aromatic carbocycles. The molecule has 0 radical (unpaired) electrons. The van der Waals surface area contributed by atoms with Gasteiger partial charge in [-0.05, 0) is 45.4 Å². The van der Waals surface area contributed by atoms with E-state index in [1.165, 1.54) is 6.07 Å². The molecular weight excluding hydrogens is 367 g/mol. The number of ether oxygens (including phenoxy) is 2. The van der Waals surface area contributed by atoms with Gasteiger partial charge in [-0.1, -0.05) is 6.07 Å². The van der Waals surface area contributed by atoms with E-state index in [0.717, 1.165) is 19.2 Å². The number of methoxy groups -OCH3 is 1. The Kier molecular flexibility index (Phi) is 7.38. The largest absolute Gasteiger partial charge is 0.467 e. The van der Waals surface area contributed by atoms with Crippen molar-refractivity contribution in [1.29, 1.82) is 0 Å². The number of benzene rings is 1. The van der Waals surface area contributed by atoms with E-state index in [9.17, 15) is 27.6 Å². The molecule has 1 amide bonds. The number of hydrogen-bond donors (Lipinski definition) is 1. The molecule has 0 aromatic heterocycles. The summed E-state index contributed by atoms with van der Waals surface area (Å²) in [6, 6.07) is 2.58. The van der Waals surface area contributed by atoms with E-state index in [-0.39, 0.29) is 18.4 Å². The van der Waals surface area contributed by atoms with Gasteiger partial charge in [0.05, 0.1) is 12.7 Å². The lowest BCUT2D eigenvalue weighted by molar-refractivity contribution is -0.155. The molecule has 0 saturated heterocycles. The van der Waals surface area contributed by atoms with Crippen molar-refractivity contribution in [3.8, 4) is 0 Å². The van der Waals surface area contributed by atoms with Crippen LogP contribution in [0.2, 0.25) is 0 Å². The summed E-state index contributed by atoms with van der Waals surface area (Å²) < 4.78 is 48.0. The second-order valence-corrected chi connectivity index (χ2v) is 6.75. The average molecular weight is 389 g/mol. The van der Waals surface area contributed by atoms with Gasteiger partial charge in [0, 0.05) is 12.0 Å². The van der Waals surface area contributed by atoms with Gasteiger partial charge in [-0.15, -0.1) is 0 Å². The Morgan fingerprint density at radius 3 is 2.30 bits per heavy atom. The van der Waals surface area contributed by atoms with Gasteiger partial charge in [-0.2, -0.15) is 13.2 Å². The highest BCUT2D eigenvalue weighted by Crippen LogP contribution is 2.29. The molecule has 0 fully saturated rings. The zero-order valence-electron chi connectivity index (χ0n) is 15.5. The lowest BCUT2D eigenvalue weighted by Crippen LogP contribution is -2.42. The van der Waals surface area contributed by atoms with Crippen LogP contribution >= 0.6 is 0 Å². The topological polar surface area (TPSA) is 81.7 Å². The minimum absolute atomic E-state index is 0.119.